The third-order valence-corrected chi connectivity index (χ3v) is 2.97. The van der Waals surface area contributed by atoms with Gasteiger partial charge in [-0.1, -0.05) is 24.3 Å². The molecule has 12 heavy (non-hydrogen) atoms. The van der Waals surface area contributed by atoms with Gasteiger partial charge in [0, 0.05) is 0 Å². The number of rotatable bonds is 0. The van der Waals surface area contributed by atoms with Gasteiger partial charge in [0.25, 0.3) is 0 Å². The molecular weight excluding hydrogens is 144 g/mol. The second-order valence-electron chi connectivity index (χ2n) is 3.75. The van der Waals surface area contributed by atoms with Gasteiger partial charge in [-0.2, -0.15) is 0 Å². The molecule has 0 nitrogen and oxygen atoms in total. The summed E-state index contributed by atoms with van der Waals surface area (Å²) in [5.74, 6) is 0. The lowest BCUT2D eigenvalue weighted by atomic mass is 10.1. The lowest BCUT2D eigenvalue weighted by molar-refractivity contribution is 0.911. The Kier molecular flexibility index (Phi) is 1.20. The van der Waals surface area contributed by atoms with Gasteiger partial charge >= 0.3 is 0 Å². The Morgan fingerprint density at radius 3 is 2.00 bits per heavy atom. The summed E-state index contributed by atoms with van der Waals surface area (Å²) in [5, 5.41) is 2.94. The van der Waals surface area contributed by atoms with Crippen LogP contribution in [0.3, 0.4) is 0 Å². The van der Waals surface area contributed by atoms with Gasteiger partial charge in [0.05, 0.1) is 0 Å². The van der Waals surface area contributed by atoms with Gasteiger partial charge in [0.15, 0.2) is 0 Å². The average Bonchev–Trinajstić information content (AvgIpc) is 2.64. The van der Waals surface area contributed by atoms with Crippen molar-refractivity contribution in [2.45, 2.75) is 25.7 Å². The molecule has 0 radical (unpaired) electrons. The van der Waals surface area contributed by atoms with Crippen molar-refractivity contribution in [1.29, 1.82) is 0 Å². The fraction of sp³-hybridized carbons (Fsp3) is 0.333. The van der Waals surface area contributed by atoms with Crippen LogP contribution in [0.5, 0.6) is 0 Å². The van der Waals surface area contributed by atoms with Gasteiger partial charge in [-0.05, 0) is 47.2 Å². The van der Waals surface area contributed by atoms with Crippen molar-refractivity contribution in [3.8, 4) is 0 Å². The standard InChI is InChI=1S/C12H12/c1-3-9-7-11-5-2-6-12(11)8-10(9)4-1/h3-4,7-8H,1-2,5-6H2. The first-order valence-electron chi connectivity index (χ1n) is 4.76. The van der Waals surface area contributed by atoms with Crippen LogP contribution in [-0.4, -0.2) is 0 Å². The van der Waals surface area contributed by atoms with E-state index in [0.717, 1.165) is 6.42 Å². The second kappa shape index (κ2) is 2.22. The van der Waals surface area contributed by atoms with E-state index in [1.807, 2.05) is 0 Å². The monoisotopic (exact) mass is 156 g/mol. The minimum Gasteiger partial charge on any atom is -0.0728 e. The lowest BCUT2D eigenvalue weighted by Gasteiger charge is -1.96. The van der Waals surface area contributed by atoms with Crippen molar-refractivity contribution >= 4 is 12.2 Å². The highest BCUT2D eigenvalue weighted by Crippen LogP contribution is 2.18. The zero-order chi connectivity index (χ0) is 7.97. The maximum Gasteiger partial charge on any atom is -0.0151 e. The Hall–Kier alpha value is -1.04. The van der Waals surface area contributed by atoms with Crippen LogP contribution in [0.25, 0.3) is 12.2 Å². The van der Waals surface area contributed by atoms with Gasteiger partial charge in [-0.3, -0.25) is 0 Å². The predicted molar refractivity (Wildman–Crippen MR) is 51.3 cm³/mol. The van der Waals surface area contributed by atoms with Crippen LogP contribution >= 0.6 is 0 Å². The normalized spacial score (nSPS) is 18.0. The first-order valence-corrected chi connectivity index (χ1v) is 4.76. The largest absolute Gasteiger partial charge is 0.0728 e. The average molecular weight is 156 g/mol. The zero-order valence-electron chi connectivity index (χ0n) is 7.14. The second-order valence-corrected chi connectivity index (χ2v) is 3.75. The van der Waals surface area contributed by atoms with Crippen molar-refractivity contribution in [2.24, 2.45) is 0 Å². The number of hydrogen-bond acceptors (Lipinski definition) is 0. The van der Waals surface area contributed by atoms with Gasteiger partial charge in [-0.25, -0.2) is 0 Å². The Bertz CT molecular complexity index is 397. The van der Waals surface area contributed by atoms with Gasteiger partial charge < -0.3 is 0 Å². The Labute approximate surface area is 72.2 Å². The topological polar surface area (TPSA) is 0 Å². The van der Waals surface area contributed by atoms with Crippen LogP contribution in [0.4, 0.5) is 0 Å². The highest BCUT2D eigenvalue weighted by Gasteiger charge is 2.10. The van der Waals surface area contributed by atoms with Crippen molar-refractivity contribution < 1.29 is 0 Å². The van der Waals surface area contributed by atoms with Crippen LogP contribution in [-0.2, 0) is 12.8 Å². The molecule has 0 fully saturated rings. The molecule has 0 aromatic heterocycles. The molecule has 1 aromatic rings. The van der Waals surface area contributed by atoms with Crippen LogP contribution in [0.2, 0.25) is 0 Å². The van der Waals surface area contributed by atoms with E-state index in [9.17, 15) is 0 Å². The molecule has 0 N–H and O–H groups in total. The summed E-state index contributed by atoms with van der Waals surface area (Å²) in [6.45, 7) is 0. The first-order chi connectivity index (χ1) is 5.93. The molecule has 0 saturated heterocycles. The highest BCUT2D eigenvalue weighted by molar-refractivity contribution is 5.49. The molecule has 0 atom stereocenters. The summed E-state index contributed by atoms with van der Waals surface area (Å²) >= 11 is 0. The van der Waals surface area contributed by atoms with E-state index in [1.165, 1.54) is 29.7 Å². The summed E-state index contributed by atoms with van der Waals surface area (Å²) in [6, 6.07) is 4.78. The maximum absolute atomic E-state index is 2.39. The number of hydrogen-bond donors (Lipinski definition) is 0. The molecule has 3 rings (SSSR count). The van der Waals surface area contributed by atoms with E-state index in [1.54, 1.807) is 11.1 Å². The molecule has 0 spiro atoms. The van der Waals surface area contributed by atoms with Crippen molar-refractivity contribution in [1.82, 2.24) is 0 Å². The summed E-state index contributed by atoms with van der Waals surface area (Å²) in [4.78, 5) is 0. The molecule has 0 aliphatic heterocycles. The van der Waals surface area contributed by atoms with E-state index >= 15 is 0 Å². The molecule has 2 aliphatic rings. The molecule has 0 amide bonds. The number of fused-ring (bicyclic) bond motifs is 2. The third kappa shape index (κ3) is 0.781. The van der Waals surface area contributed by atoms with Gasteiger partial charge in [-0.15, -0.1) is 0 Å². The Balaban J connectivity index is 2.40. The van der Waals surface area contributed by atoms with Crippen LogP contribution < -0.4 is 10.4 Å². The third-order valence-electron chi connectivity index (χ3n) is 2.97. The minimum absolute atomic E-state index is 1.14. The SMILES string of the molecule is C1=c2cc3c(cc2=CC1)CCC3. The zero-order valence-corrected chi connectivity index (χ0v) is 7.14. The molecule has 0 heteroatoms. The van der Waals surface area contributed by atoms with Crippen molar-refractivity contribution in [2.75, 3.05) is 0 Å². The summed E-state index contributed by atoms with van der Waals surface area (Å²) in [5.41, 5.74) is 3.20. The van der Waals surface area contributed by atoms with E-state index in [-0.39, 0.29) is 0 Å². The summed E-state index contributed by atoms with van der Waals surface area (Å²) in [7, 11) is 0. The molecule has 0 unspecified atom stereocenters. The molecule has 60 valence electrons. The van der Waals surface area contributed by atoms with Crippen molar-refractivity contribution in [3.63, 3.8) is 0 Å². The maximum atomic E-state index is 2.39. The van der Waals surface area contributed by atoms with Gasteiger partial charge in [0.2, 0.25) is 0 Å². The molecule has 0 heterocycles. The van der Waals surface area contributed by atoms with E-state index in [2.05, 4.69) is 24.3 Å². The fourth-order valence-corrected chi connectivity index (χ4v) is 2.33. The quantitative estimate of drug-likeness (QED) is 0.528. The highest BCUT2D eigenvalue weighted by atomic mass is 14.2. The fourth-order valence-electron chi connectivity index (χ4n) is 2.33. The summed E-state index contributed by atoms with van der Waals surface area (Å²) < 4.78 is 0. The summed E-state index contributed by atoms with van der Waals surface area (Å²) in [6.07, 6.45) is 9.76. The van der Waals surface area contributed by atoms with E-state index < -0.39 is 0 Å². The first kappa shape index (κ1) is 6.47. The smallest absolute Gasteiger partial charge is 0.0151 e. The Morgan fingerprint density at radius 2 is 1.42 bits per heavy atom. The van der Waals surface area contributed by atoms with Crippen LogP contribution in [0.1, 0.15) is 24.0 Å². The molecule has 0 bridgehead atoms. The molecule has 2 aliphatic carbocycles. The molecular formula is C12H12. The van der Waals surface area contributed by atoms with Crippen molar-refractivity contribution in [3.05, 3.63) is 33.7 Å². The lowest BCUT2D eigenvalue weighted by Crippen LogP contribution is -2.22. The molecule has 1 aromatic carbocycles. The number of benzene rings is 1. The molecule has 0 saturated carbocycles. The van der Waals surface area contributed by atoms with Crippen LogP contribution in [0, 0.1) is 0 Å². The number of aryl methyl sites for hydroxylation is 2. The van der Waals surface area contributed by atoms with Crippen LogP contribution in [0.15, 0.2) is 12.1 Å². The Morgan fingerprint density at radius 1 is 0.833 bits per heavy atom. The minimum atomic E-state index is 1.14. The van der Waals surface area contributed by atoms with Gasteiger partial charge in [0.1, 0.15) is 0 Å². The van der Waals surface area contributed by atoms with E-state index in [0.29, 0.717) is 0 Å². The predicted octanol–water partition coefficient (Wildman–Crippen LogP) is 1.14. The van der Waals surface area contributed by atoms with E-state index in [4.69, 9.17) is 0 Å².